The van der Waals surface area contributed by atoms with Crippen molar-refractivity contribution in [3.05, 3.63) is 48.6 Å². The minimum Gasteiger partial charge on any atom is -0.497 e. The van der Waals surface area contributed by atoms with Crippen LogP contribution in [0.4, 0.5) is 4.79 Å². The molecule has 3 N–H and O–H groups in total. The van der Waals surface area contributed by atoms with Gasteiger partial charge in [0.1, 0.15) is 29.5 Å². The molecule has 6 aliphatic rings. The number of fused-ring (bicyclic) bond motifs is 6. The summed E-state index contributed by atoms with van der Waals surface area (Å²) in [4.78, 5) is 64.9. The maximum absolute atomic E-state index is 14.9. The van der Waals surface area contributed by atoms with E-state index < -0.39 is 62.6 Å². The Bertz CT molecular complexity index is 2070. The molecule has 3 aliphatic heterocycles. The quantitative estimate of drug-likeness (QED) is 0.334. The van der Waals surface area contributed by atoms with E-state index in [0.29, 0.717) is 56.1 Å². The second-order valence-corrected chi connectivity index (χ2v) is 18.3. The van der Waals surface area contributed by atoms with Crippen LogP contribution in [0.15, 0.2) is 43.0 Å². The van der Waals surface area contributed by atoms with Gasteiger partial charge in [-0.2, -0.15) is 0 Å². The van der Waals surface area contributed by atoms with E-state index in [1.165, 1.54) is 11.0 Å². The zero-order valence-corrected chi connectivity index (χ0v) is 33.1. The van der Waals surface area contributed by atoms with E-state index in [-0.39, 0.29) is 37.4 Å². The Morgan fingerprint density at radius 1 is 1.07 bits per heavy atom. The summed E-state index contributed by atoms with van der Waals surface area (Å²) >= 11 is 0. The minimum atomic E-state index is -3.90. The number of sulfonamides is 1. The first-order valence-electron chi connectivity index (χ1n) is 20.3. The maximum atomic E-state index is 14.9. The fourth-order valence-corrected chi connectivity index (χ4v) is 10.2. The number of allylic oxidation sites excluding steroid dienone is 1. The van der Waals surface area contributed by atoms with Crippen molar-refractivity contribution >= 4 is 50.8 Å². The van der Waals surface area contributed by atoms with E-state index in [9.17, 15) is 27.6 Å². The number of carbonyl (C=O) groups is 4. The number of methoxy groups -OCH3 is 1. The summed E-state index contributed by atoms with van der Waals surface area (Å²) in [7, 11) is -2.32. The van der Waals surface area contributed by atoms with Gasteiger partial charge < -0.3 is 34.6 Å². The van der Waals surface area contributed by atoms with Crippen LogP contribution in [0.5, 0.6) is 11.6 Å². The van der Waals surface area contributed by atoms with Gasteiger partial charge in [0, 0.05) is 49.1 Å². The number of urea groups is 1. The van der Waals surface area contributed by atoms with Gasteiger partial charge in [0.15, 0.2) is 0 Å². The van der Waals surface area contributed by atoms with Gasteiger partial charge in [-0.25, -0.2) is 18.2 Å². The van der Waals surface area contributed by atoms with Crippen molar-refractivity contribution < 1.29 is 41.8 Å². The van der Waals surface area contributed by atoms with Gasteiger partial charge in [-0.1, -0.05) is 31.1 Å². The average molecular weight is 805 g/mol. The van der Waals surface area contributed by atoms with E-state index >= 15 is 0 Å². The predicted octanol–water partition coefficient (Wildman–Crippen LogP) is 3.43. The summed E-state index contributed by atoms with van der Waals surface area (Å²) in [5, 5.41) is 6.17. The fraction of sp³-hybridized carbons (Fsp3) is 0.585. The van der Waals surface area contributed by atoms with Crippen molar-refractivity contribution in [2.45, 2.75) is 106 Å². The lowest BCUT2D eigenvalue weighted by molar-refractivity contribution is -0.142. The third-order valence-electron chi connectivity index (χ3n) is 12.4. The van der Waals surface area contributed by atoms with Crippen LogP contribution >= 0.6 is 0 Å². The Balaban J connectivity index is 1.14. The summed E-state index contributed by atoms with van der Waals surface area (Å²) in [5.74, 6) is -1.54. The predicted molar refractivity (Wildman–Crippen MR) is 211 cm³/mol. The molecule has 5 amide bonds. The first-order chi connectivity index (χ1) is 27.5. The minimum absolute atomic E-state index is 0.0107. The molecule has 0 spiro atoms. The number of carbonyl (C=O) groups excluding carboxylic acids is 4. The highest BCUT2D eigenvalue weighted by Crippen LogP contribution is 2.46. The van der Waals surface area contributed by atoms with Gasteiger partial charge in [-0.3, -0.25) is 19.1 Å². The molecule has 2 aromatic rings. The van der Waals surface area contributed by atoms with Crippen LogP contribution in [-0.4, -0.2) is 115 Å². The number of rotatable bonds is 8. The number of amides is 5. The highest BCUT2D eigenvalue weighted by Gasteiger charge is 2.62. The lowest BCUT2D eigenvalue weighted by Crippen LogP contribution is -2.59. The van der Waals surface area contributed by atoms with Gasteiger partial charge in [-0.05, 0) is 75.5 Å². The molecule has 3 saturated carbocycles. The number of ether oxygens (including phenoxy) is 3. The monoisotopic (exact) mass is 804 g/mol. The van der Waals surface area contributed by atoms with Crippen LogP contribution in [0.1, 0.15) is 76.2 Å². The van der Waals surface area contributed by atoms with Crippen LogP contribution in [0.3, 0.4) is 0 Å². The molecule has 1 aromatic heterocycles. The second-order valence-electron chi connectivity index (χ2n) is 16.3. The molecule has 1 aromatic carbocycles. The fourth-order valence-electron chi connectivity index (χ4n) is 8.82. The molecule has 4 heterocycles. The number of hydrogen-bond acceptors (Lipinski definition) is 10. The van der Waals surface area contributed by atoms with E-state index in [4.69, 9.17) is 19.2 Å². The lowest BCUT2D eigenvalue weighted by atomic mass is 9.96. The SMILES string of the molecule is C=C[C@@H]1C[C@]1(NC(=O)[C@@H]1C[C@@H]2CN1C(=O)[C@H](C1CCCC1)NC(=O)N1CC[C@H](C1)OCCC/C=C/c1cc3ccc(OC)cc3nc1O2)C(=O)NS(=O)(=O)C1CC1. The Morgan fingerprint density at radius 2 is 1.88 bits per heavy atom. The van der Waals surface area contributed by atoms with Crippen LogP contribution in [0, 0.1) is 11.8 Å². The van der Waals surface area contributed by atoms with Crippen molar-refractivity contribution in [1.29, 1.82) is 0 Å². The summed E-state index contributed by atoms with van der Waals surface area (Å²) < 4.78 is 46.1. The maximum Gasteiger partial charge on any atom is 0.318 e. The summed E-state index contributed by atoms with van der Waals surface area (Å²) in [6, 6.07) is 5.23. The third kappa shape index (κ3) is 8.20. The Labute approximate surface area is 333 Å². The molecule has 2 saturated heterocycles. The highest BCUT2D eigenvalue weighted by atomic mass is 32.2. The Hall–Kier alpha value is -4.70. The molecular weight excluding hydrogens is 753 g/mol. The van der Waals surface area contributed by atoms with E-state index in [1.807, 2.05) is 36.4 Å². The highest BCUT2D eigenvalue weighted by molar-refractivity contribution is 7.91. The topological polar surface area (TPSA) is 186 Å². The molecule has 57 heavy (non-hydrogen) atoms. The molecule has 15 nitrogen and oxygen atoms in total. The Kier molecular flexibility index (Phi) is 10.9. The van der Waals surface area contributed by atoms with Crippen molar-refractivity contribution in [2.24, 2.45) is 11.8 Å². The van der Waals surface area contributed by atoms with Crippen LogP contribution < -0.4 is 24.8 Å². The van der Waals surface area contributed by atoms with Gasteiger partial charge >= 0.3 is 6.03 Å². The molecule has 6 atom stereocenters. The molecule has 4 bridgehead atoms. The van der Waals surface area contributed by atoms with Gasteiger partial charge in [0.2, 0.25) is 27.7 Å². The second kappa shape index (κ2) is 15.9. The lowest BCUT2D eigenvalue weighted by Gasteiger charge is -2.33. The van der Waals surface area contributed by atoms with Crippen LogP contribution in [0.2, 0.25) is 0 Å². The molecule has 306 valence electrons. The van der Waals surface area contributed by atoms with E-state index in [0.717, 1.165) is 49.5 Å². The number of nitrogens with one attached hydrogen (secondary N) is 3. The van der Waals surface area contributed by atoms with Crippen LogP contribution in [0.25, 0.3) is 17.0 Å². The standard InChI is InChI=1S/C41H52N6O9S/c1-3-28-22-41(28,39(50)45-57(52,53)32-14-15-32)44-36(48)34-21-31-24-47(34)38(49)35(25-9-6-7-10-25)43-40(51)46-17-16-30(23-46)55-18-8-4-5-11-27-19-26-12-13-29(54-2)20-33(26)42-37(27)56-31/h3,5,11-13,19-20,25,28,30-32,34-35H,1,4,6-10,14-18,21-24H2,2H3,(H,43,51)(H,44,48)(H,45,50)/b11-5+/t28-,30-,31-,34+,35+,41-/m1/s1. The molecule has 0 unspecified atom stereocenters. The van der Waals surface area contributed by atoms with Crippen LogP contribution in [-0.2, 0) is 29.1 Å². The molecule has 0 radical (unpaired) electrons. The number of pyridine rings is 1. The van der Waals surface area contributed by atoms with Crippen molar-refractivity contribution in [3.8, 4) is 11.6 Å². The third-order valence-corrected chi connectivity index (χ3v) is 14.2. The van der Waals surface area contributed by atoms with Crippen molar-refractivity contribution in [3.63, 3.8) is 0 Å². The molecule has 8 rings (SSSR count). The van der Waals surface area contributed by atoms with Crippen molar-refractivity contribution in [2.75, 3.05) is 33.4 Å². The van der Waals surface area contributed by atoms with E-state index in [1.54, 1.807) is 12.0 Å². The Morgan fingerprint density at radius 3 is 2.61 bits per heavy atom. The first kappa shape index (κ1) is 39.1. The molecule has 5 fully saturated rings. The van der Waals surface area contributed by atoms with Gasteiger partial charge in [0.05, 0.1) is 30.5 Å². The smallest absolute Gasteiger partial charge is 0.318 e. The van der Waals surface area contributed by atoms with Gasteiger partial charge in [-0.15, -0.1) is 6.58 Å². The summed E-state index contributed by atoms with van der Waals surface area (Å²) in [5.41, 5.74) is -0.177. The summed E-state index contributed by atoms with van der Waals surface area (Å²) in [6.45, 7) is 5.29. The van der Waals surface area contributed by atoms with Crippen molar-refractivity contribution in [1.82, 2.24) is 30.1 Å². The normalized spacial score (nSPS) is 30.3. The largest absolute Gasteiger partial charge is 0.497 e. The molecule has 16 heteroatoms. The average Bonchev–Trinajstić information content (AvgIpc) is 3.97. The molecular formula is C41H52N6O9S. The van der Waals surface area contributed by atoms with E-state index in [2.05, 4.69) is 21.9 Å². The first-order valence-corrected chi connectivity index (χ1v) is 21.8. The zero-order chi connectivity index (χ0) is 39.9. The zero-order valence-electron chi connectivity index (χ0n) is 32.3. The van der Waals surface area contributed by atoms with Gasteiger partial charge in [0.25, 0.3) is 5.91 Å². The summed E-state index contributed by atoms with van der Waals surface area (Å²) in [6.07, 6.45) is 11.4. The number of hydrogen-bond donors (Lipinski definition) is 3. The molecule has 3 aliphatic carbocycles. The number of aromatic nitrogens is 1. The number of nitrogens with zero attached hydrogens (tertiary/aromatic N) is 3. The number of benzene rings is 1.